The van der Waals surface area contributed by atoms with Gasteiger partial charge in [0.15, 0.2) is 0 Å². The number of para-hydroxylation sites is 1. The Kier molecular flexibility index (Phi) is 5.98. The van der Waals surface area contributed by atoms with Gasteiger partial charge in [0.25, 0.3) is 11.3 Å². The first-order valence-electron chi connectivity index (χ1n) is 10.2. The fourth-order valence-corrected chi connectivity index (χ4v) is 3.33. The van der Waals surface area contributed by atoms with Crippen LogP contribution < -0.4 is 16.2 Å². The lowest BCUT2D eigenvalue weighted by Gasteiger charge is -2.07. The molecule has 0 radical (unpaired) electrons. The topological polar surface area (TPSA) is 104 Å². The molecule has 4 aromatic rings. The van der Waals surface area contributed by atoms with Crippen LogP contribution in [0.15, 0.2) is 53.3 Å². The van der Waals surface area contributed by atoms with Crippen molar-refractivity contribution in [2.24, 2.45) is 0 Å². The third-order valence-electron chi connectivity index (χ3n) is 5.13. The lowest BCUT2D eigenvalue weighted by atomic mass is 10.1. The van der Waals surface area contributed by atoms with Crippen molar-refractivity contribution in [1.29, 1.82) is 0 Å². The van der Waals surface area contributed by atoms with Crippen molar-refractivity contribution >= 4 is 23.3 Å². The molecule has 0 unspecified atom stereocenters. The van der Waals surface area contributed by atoms with Crippen LogP contribution >= 0.6 is 0 Å². The number of aryl methyl sites for hydroxylation is 2. The van der Waals surface area contributed by atoms with Crippen molar-refractivity contribution in [2.75, 3.05) is 10.6 Å². The molecule has 1 amide bonds. The third kappa shape index (κ3) is 4.66. The number of hydrogen-bond donors (Lipinski definition) is 3. The van der Waals surface area contributed by atoms with Gasteiger partial charge in [-0.15, -0.1) is 0 Å². The lowest BCUT2D eigenvalue weighted by molar-refractivity contribution is -0.116. The molecule has 32 heavy (non-hydrogen) atoms. The summed E-state index contributed by atoms with van der Waals surface area (Å²) < 4.78 is 15.0. The number of anilines is 2. The number of nitrogens with zero attached hydrogens (tertiary/aromatic N) is 3. The molecule has 0 aliphatic heterocycles. The Bertz CT molecular complexity index is 1330. The van der Waals surface area contributed by atoms with Crippen LogP contribution in [-0.4, -0.2) is 25.5 Å². The van der Waals surface area contributed by atoms with E-state index in [2.05, 4.69) is 25.7 Å². The van der Waals surface area contributed by atoms with Gasteiger partial charge < -0.3 is 10.6 Å². The molecule has 2 aromatic carbocycles. The Morgan fingerprint density at radius 2 is 1.84 bits per heavy atom. The molecule has 0 spiro atoms. The zero-order chi connectivity index (χ0) is 22.7. The van der Waals surface area contributed by atoms with Gasteiger partial charge in [0.05, 0.1) is 11.4 Å². The van der Waals surface area contributed by atoms with Gasteiger partial charge in [0, 0.05) is 18.5 Å². The molecular formula is C23H23FN6O2. The molecule has 0 saturated heterocycles. The quantitative estimate of drug-likeness (QED) is 0.414. The van der Waals surface area contributed by atoms with Crippen LogP contribution in [0.2, 0.25) is 0 Å². The SMILES string of the molecule is Cc1ccc(CNc2nc3nc(C)c(CCC(=O)Nc4ccccc4F)c(=O)n3[nH]2)cc1. The Hall–Kier alpha value is -4.01. The molecule has 0 aliphatic rings. The minimum Gasteiger partial charge on any atom is -0.351 e. The van der Waals surface area contributed by atoms with E-state index in [4.69, 9.17) is 0 Å². The first-order valence-corrected chi connectivity index (χ1v) is 10.2. The highest BCUT2D eigenvalue weighted by Crippen LogP contribution is 2.14. The average molecular weight is 434 g/mol. The molecule has 0 saturated carbocycles. The molecule has 2 heterocycles. The summed E-state index contributed by atoms with van der Waals surface area (Å²) >= 11 is 0. The van der Waals surface area contributed by atoms with Gasteiger partial charge in [-0.3, -0.25) is 14.7 Å². The minimum absolute atomic E-state index is 0.0187. The zero-order valence-corrected chi connectivity index (χ0v) is 17.8. The standard InChI is InChI=1S/C23H23FN6O2/c1-14-7-9-16(10-8-14)13-25-22-28-23-26-15(2)17(21(32)30(23)29-22)11-12-20(31)27-19-6-4-3-5-18(19)24/h3-10H,11-13H2,1-2H3,(H,27,31)(H2,25,26,28,29). The molecule has 9 heteroatoms. The number of carbonyl (C=O) groups is 1. The first kappa shape index (κ1) is 21.2. The molecule has 0 atom stereocenters. The van der Waals surface area contributed by atoms with Gasteiger partial charge >= 0.3 is 0 Å². The Morgan fingerprint density at radius 1 is 1.09 bits per heavy atom. The number of halogens is 1. The van der Waals surface area contributed by atoms with E-state index in [9.17, 15) is 14.0 Å². The smallest absolute Gasteiger partial charge is 0.277 e. The van der Waals surface area contributed by atoms with Crippen LogP contribution in [0.1, 0.15) is 28.8 Å². The fourth-order valence-electron chi connectivity index (χ4n) is 3.33. The number of hydrogen-bond acceptors (Lipinski definition) is 5. The number of H-pyrrole nitrogens is 1. The normalized spacial score (nSPS) is 11.0. The molecular weight excluding hydrogens is 411 g/mol. The van der Waals surface area contributed by atoms with Gasteiger partial charge in [0.2, 0.25) is 11.9 Å². The van der Waals surface area contributed by atoms with Gasteiger partial charge in [-0.1, -0.05) is 42.0 Å². The highest BCUT2D eigenvalue weighted by atomic mass is 19.1. The molecule has 2 aromatic heterocycles. The summed E-state index contributed by atoms with van der Waals surface area (Å²) in [5.74, 6) is -0.227. The van der Waals surface area contributed by atoms with Gasteiger partial charge in [-0.05, 0) is 38.0 Å². The summed E-state index contributed by atoms with van der Waals surface area (Å²) in [4.78, 5) is 33.9. The largest absolute Gasteiger partial charge is 0.351 e. The molecule has 3 N–H and O–H groups in total. The minimum atomic E-state index is -0.511. The monoisotopic (exact) mass is 434 g/mol. The summed E-state index contributed by atoms with van der Waals surface area (Å²) in [5.41, 5.74) is 2.96. The molecule has 0 bridgehead atoms. The van der Waals surface area contributed by atoms with Crippen LogP contribution in [-0.2, 0) is 17.8 Å². The van der Waals surface area contributed by atoms with Gasteiger partial charge in [-0.25, -0.2) is 9.37 Å². The number of nitrogens with one attached hydrogen (secondary N) is 3. The fraction of sp³-hybridized carbons (Fsp3) is 0.217. The summed E-state index contributed by atoms with van der Waals surface area (Å²) in [6.45, 7) is 4.27. The zero-order valence-electron chi connectivity index (χ0n) is 17.8. The summed E-state index contributed by atoms with van der Waals surface area (Å²) in [6, 6.07) is 14.0. The van der Waals surface area contributed by atoms with E-state index in [1.807, 2.05) is 31.2 Å². The highest BCUT2D eigenvalue weighted by molar-refractivity contribution is 5.90. The van der Waals surface area contributed by atoms with Crippen molar-refractivity contribution in [1.82, 2.24) is 19.6 Å². The second-order valence-electron chi connectivity index (χ2n) is 7.56. The lowest BCUT2D eigenvalue weighted by Crippen LogP contribution is -2.23. The number of benzene rings is 2. The van der Waals surface area contributed by atoms with Gasteiger partial charge in [0.1, 0.15) is 5.82 Å². The van der Waals surface area contributed by atoms with Crippen LogP contribution in [0.5, 0.6) is 0 Å². The van der Waals surface area contributed by atoms with Crippen LogP contribution in [0.25, 0.3) is 5.78 Å². The van der Waals surface area contributed by atoms with E-state index in [1.165, 1.54) is 22.2 Å². The third-order valence-corrected chi connectivity index (χ3v) is 5.13. The molecule has 164 valence electrons. The number of aromatic amines is 1. The highest BCUT2D eigenvalue weighted by Gasteiger charge is 2.15. The Labute approximate surface area is 183 Å². The number of amides is 1. The molecule has 4 rings (SSSR count). The van der Waals surface area contributed by atoms with E-state index >= 15 is 0 Å². The maximum Gasteiger partial charge on any atom is 0.277 e. The molecule has 8 nitrogen and oxygen atoms in total. The molecule has 0 fully saturated rings. The van der Waals surface area contributed by atoms with Crippen molar-refractivity contribution in [2.45, 2.75) is 33.2 Å². The summed E-state index contributed by atoms with van der Waals surface area (Å²) in [7, 11) is 0. The Balaban J connectivity index is 1.46. The van der Waals surface area contributed by atoms with Gasteiger partial charge in [-0.2, -0.15) is 9.50 Å². The number of rotatable bonds is 7. The van der Waals surface area contributed by atoms with E-state index in [0.717, 1.165) is 5.56 Å². The van der Waals surface area contributed by atoms with E-state index in [0.29, 0.717) is 23.8 Å². The summed E-state index contributed by atoms with van der Waals surface area (Å²) in [6.07, 6.45) is 0.191. The summed E-state index contributed by atoms with van der Waals surface area (Å²) in [5, 5.41) is 8.59. The Morgan fingerprint density at radius 3 is 2.59 bits per heavy atom. The first-order chi connectivity index (χ1) is 15.4. The number of fused-ring (bicyclic) bond motifs is 1. The van der Waals surface area contributed by atoms with Crippen LogP contribution in [0, 0.1) is 19.7 Å². The van der Waals surface area contributed by atoms with Crippen molar-refractivity contribution in [3.8, 4) is 0 Å². The second-order valence-corrected chi connectivity index (χ2v) is 7.56. The predicted octanol–water partition coefficient (Wildman–Crippen LogP) is 3.36. The average Bonchev–Trinajstić information content (AvgIpc) is 3.18. The number of aromatic nitrogens is 4. The number of carbonyl (C=O) groups excluding carboxylic acids is 1. The van der Waals surface area contributed by atoms with E-state index < -0.39 is 5.82 Å². The van der Waals surface area contributed by atoms with Crippen molar-refractivity contribution in [3.63, 3.8) is 0 Å². The van der Waals surface area contributed by atoms with Crippen LogP contribution in [0.4, 0.5) is 16.0 Å². The van der Waals surface area contributed by atoms with E-state index in [-0.39, 0.29) is 35.8 Å². The van der Waals surface area contributed by atoms with Crippen molar-refractivity contribution < 1.29 is 9.18 Å². The van der Waals surface area contributed by atoms with Crippen LogP contribution in [0.3, 0.4) is 0 Å². The van der Waals surface area contributed by atoms with Crippen molar-refractivity contribution in [3.05, 3.63) is 87.1 Å². The van der Waals surface area contributed by atoms with E-state index in [1.54, 1.807) is 19.1 Å². The maximum atomic E-state index is 13.7. The maximum absolute atomic E-state index is 13.7. The predicted molar refractivity (Wildman–Crippen MR) is 120 cm³/mol. The molecule has 0 aliphatic carbocycles. The second kappa shape index (κ2) is 9.01.